The summed E-state index contributed by atoms with van der Waals surface area (Å²) in [5, 5.41) is 10.5. The number of nitrogens with zero attached hydrogens (tertiary/aromatic N) is 10. The van der Waals surface area contributed by atoms with Crippen molar-refractivity contribution >= 4 is 98.4 Å². The molecule has 0 saturated heterocycles. The number of benzene rings is 5. The minimum atomic E-state index is 0.112. The quantitative estimate of drug-likeness (QED) is 0.140. The Morgan fingerprint density at radius 3 is 1.18 bits per heavy atom. The molecule has 13 heterocycles. The first kappa shape index (κ1) is 93.8. The molecule has 0 aliphatic carbocycles. The second kappa shape index (κ2) is 36.9. The van der Waals surface area contributed by atoms with Crippen molar-refractivity contribution in [1.82, 2.24) is 62.3 Å². The molecule has 0 amide bonds. The van der Waals surface area contributed by atoms with E-state index in [2.05, 4.69) is 480 Å². The summed E-state index contributed by atoms with van der Waals surface area (Å²) in [5.74, 6) is 0. The number of aromatic amines is 3. The van der Waals surface area contributed by atoms with Crippen LogP contribution in [0.25, 0.3) is 98.4 Å². The summed E-state index contributed by atoms with van der Waals surface area (Å²) in [7, 11) is 12.5. The molecule has 0 fully saturated rings. The van der Waals surface area contributed by atoms with E-state index in [1.807, 2.05) is 62.4 Å². The predicted molar refractivity (Wildman–Crippen MR) is 532 cm³/mol. The number of nitrogens with one attached hydrogen (secondary N) is 3. The van der Waals surface area contributed by atoms with Gasteiger partial charge < -0.3 is 42.4 Å². The van der Waals surface area contributed by atoms with Crippen LogP contribution in [0.2, 0.25) is 0 Å². The Balaban J connectivity index is 0.000000145. The zero-order valence-corrected chi connectivity index (χ0v) is 80.6. The van der Waals surface area contributed by atoms with Gasteiger partial charge in [-0.2, -0.15) is 0 Å². The van der Waals surface area contributed by atoms with Gasteiger partial charge in [-0.1, -0.05) is 272 Å². The van der Waals surface area contributed by atoms with E-state index in [-0.39, 0.29) is 48.7 Å². The molecule has 13 aromatic heterocycles. The summed E-state index contributed by atoms with van der Waals surface area (Å²) in [6, 6.07) is 59.4. The maximum absolute atomic E-state index is 4.48. The molecule has 648 valence electrons. The SMILES string of the molecule is CC(C)(C)c1c[nH]c2ccccc12.CC(C)(C)c1cccc2cc[nH]c12.CC(C)(C)c1nccc2[nH]ccc12.Cn1cc(C(C)(C)C)c2ccccc21.Cn1cc(C(C)(C)C)c2ccccc21.Cn1cc(C(C)(C)C)c2cccnc21.Cn1cc(C(C)(C)C)c2ncccc21.Cn1ccc2c(C(C)(C)C)cccc21.Cn1ccc2c(C(C)(C)C)nccc21. The smallest absolute Gasteiger partial charge is 0.139 e. The molecule has 0 saturated carbocycles. The molecule has 0 bridgehead atoms. The fourth-order valence-corrected chi connectivity index (χ4v) is 16.2. The van der Waals surface area contributed by atoms with Crippen molar-refractivity contribution in [3.05, 3.63) is 301 Å². The van der Waals surface area contributed by atoms with E-state index >= 15 is 0 Å². The Kier molecular flexibility index (Phi) is 28.2. The van der Waals surface area contributed by atoms with Crippen LogP contribution < -0.4 is 0 Å². The third-order valence-corrected chi connectivity index (χ3v) is 22.7. The number of H-pyrrole nitrogens is 3. The molecule has 0 atom stereocenters. The van der Waals surface area contributed by atoms with Crippen LogP contribution >= 0.6 is 0 Å². The maximum atomic E-state index is 4.48. The van der Waals surface area contributed by atoms with Gasteiger partial charge in [-0.3, -0.25) is 15.0 Å². The average Bonchev–Trinajstić information content (AvgIpc) is 1.61. The molecule has 0 aliphatic rings. The van der Waals surface area contributed by atoms with Crippen LogP contribution in [0.4, 0.5) is 0 Å². The molecule has 18 rings (SSSR count). The highest BCUT2D eigenvalue weighted by atomic mass is 15.0. The van der Waals surface area contributed by atoms with Crippen molar-refractivity contribution in [2.24, 2.45) is 42.3 Å². The zero-order valence-electron chi connectivity index (χ0n) is 80.6. The van der Waals surface area contributed by atoms with Crippen molar-refractivity contribution in [2.75, 3.05) is 0 Å². The highest BCUT2D eigenvalue weighted by Gasteiger charge is 2.26. The fraction of sp³-hybridized carbons (Fsp3) is 0.382. The first-order valence-corrected chi connectivity index (χ1v) is 43.7. The monoisotopic (exact) mass is 1650 g/mol. The van der Waals surface area contributed by atoms with Gasteiger partial charge in [-0.15, -0.1) is 0 Å². The van der Waals surface area contributed by atoms with E-state index in [0.717, 1.165) is 16.9 Å². The van der Waals surface area contributed by atoms with Crippen LogP contribution in [0.15, 0.2) is 250 Å². The summed E-state index contributed by atoms with van der Waals surface area (Å²) in [4.78, 5) is 27.5. The Labute approximate surface area is 734 Å². The zero-order chi connectivity index (χ0) is 90.5. The number of aromatic nitrogens is 13. The molecular weight excluding hydrogens is 1500 g/mol. The number of fused-ring (bicyclic) bond motifs is 9. The van der Waals surface area contributed by atoms with Gasteiger partial charge in [0.2, 0.25) is 0 Å². The molecule has 13 heteroatoms. The predicted octanol–water partition coefficient (Wildman–Crippen LogP) is 28.8. The summed E-state index contributed by atoms with van der Waals surface area (Å²) < 4.78 is 12.9. The number of hydrogen-bond donors (Lipinski definition) is 3. The number of hydrogen-bond acceptors (Lipinski definition) is 4. The lowest BCUT2D eigenvalue weighted by atomic mass is 9.85. The lowest BCUT2D eigenvalue weighted by Gasteiger charge is -2.20. The molecule has 123 heavy (non-hydrogen) atoms. The van der Waals surface area contributed by atoms with Gasteiger partial charge in [0, 0.05) is 210 Å². The van der Waals surface area contributed by atoms with Gasteiger partial charge in [-0.05, 0) is 162 Å². The lowest BCUT2D eigenvalue weighted by Crippen LogP contribution is -2.13. The fourth-order valence-electron chi connectivity index (χ4n) is 16.2. The molecule has 0 aliphatic heterocycles. The molecule has 13 nitrogen and oxygen atoms in total. The minimum Gasteiger partial charge on any atom is -0.361 e. The summed E-state index contributed by atoms with van der Waals surface area (Å²) in [6.45, 7) is 60.2. The van der Waals surface area contributed by atoms with Gasteiger partial charge in [0.05, 0.1) is 27.9 Å². The number of pyridine rings is 4. The Bertz CT molecular complexity index is 5960. The Hall–Kier alpha value is -11.4. The maximum Gasteiger partial charge on any atom is 0.139 e. The van der Waals surface area contributed by atoms with E-state index < -0.39 is 0 Å². The van der Waals surface area contributed by atoms with Crippen molar-refractivity contribution in [3.8, 4) is 0 Å². The van der Waals surface area contributed by atoms with Crippen LogP contribution in [0.3, 0.4) is 0 Å². The number of rotatable bonds is 0. The number of para-hydroxylation sites is 4. The third-order valence-electron chi connectivity index (χ3n) is 22.7. The molecule has 0 unspecified atom stereocenters. The van der Waals surface area contributed by atoms with Crippen molar-refractivity contribution in [3.63, 3.8) is 0 Å². The van der Waals surface area contributed by atoms with Gasteiger partial charge in [0.25, 0.3) is 0 Å². The highest BCUT2D eigenvalue weighted by Crippen LogP contribution is 2.38. The number of aryl methyl sites for hydroxylation is 6. The molecule has 3 N–H and O–H groups in total. The normalized spacial score (nSPS) is 12.3. The second-order valence-electron chi connectivity index (χ2n) is 42.4. The van der Waals surface area contributed by atoms with E-state index in [1.165, 1.54) is 132 Å². The third kappa shape index (κ3) is 22.5. The molecule has 5 aromatic carbocycles. The van der Waals surface area contributed by atoms with Crippen molar-refractivity contribution < 1.29 is 0 Å². The molecule has 0 radical (unpaired) electrons. The lowest BCUT2D eigenvalue weighted by molar-refractivity contribution is 0.575. The van der Waals surface area contributed by atoms with E-state index in [1.54, 1.807) is 0 Å². The molecular formula is C110H143N13. The largest absolute Gasteiger partial charge is 0.361 e. The molecule has 18 aromatic rings. The first-order valence-electron chi connectivity index (χ1n) is 43.7. The second-order valence-corrected chi connectivity index (χ2v) is 42.4. The van der Waals surface area contributed by atoms with Crippen LogP contribution in [-0.4, -0.2) is 62.3 Å². The van der Waals surface area contributed by atoms with Gasteiger partial charge >= 0.3 is 0 Å². The summed E-state index contributed by atoms with van der Waals surface area (Å²) >= 11 is 0. The Morgan fingerprint density at radius 1 is 0.236 bits per heavy atom. The topological polar surface area (TPSA) is 129 Å². The average molecular weight is 1650 g/mol. The van der Waals surface area contributed by atoms with Crippen LogP contribution in [-0.2, 0) is 91.0 Å². The molecule has 0 spiro atoms. The first-order chi connectivity index (χ1) is 57.3. The summed E-state index contributed by atoms with van der Waals surface area (Å²) in [5.41, 5.74) is 26.0. The minimum absolute atomic E-state index is 0.112. The Morgan fingerprint density at radius 2 is 0.626 bits per heavy atom. The van der Waals surface area contributed by atoms with Crippen molar-refractivity contribution in [2.45, 2.75) is 236 Å². The van der Waals surface area contributed by atoms with E-state index in [4.69, 9.17) is 0 Å². The standard InChI is InChI=1S/3C13H17N.3C12H16N2.2C12H15N.C11H14N2/c1-13(2,3)11-6-5-7-12-10(11)8-9-14(12)4;2*1-13(2,3)11-9-14(4)12-8-6-5-7-10(11)12;1-12(2,3)11-9-6-8-14(4)10(9)5-7-13-11;1-12(2,3)9-8-14(4)10-6-5-7-13-11(9)10;1-12(2,3)10-8-14(4)11-9(10)6-5-7-13-11;1-12(2,3)10-6-4-5-9-7-8-13-11(9)10;1-12(2,3)10-8-13-11-7-5-4-6-9(10)11;1-11(2,3)10-8-4-6-12-9(8)5-7-13-10/h3*5-9H,1-4H3;3*5-8H,1-4H3;2*4-8,13H,1-3H3;4-7,12H,1-3H3. The van der Waals surface area contributed by atoms with E-state index in [0.29, 0.717) is 0 Å². The van der Waals surface area contributed by atoms with Crippen LogP contribution in [0.5, 0.6) is 0 Å². The van der Waals surface area contributed by atoms with Gasteiger partial charge in [0.1, 0.15) is 5.65 Å². The van der Waals surface area contributed by atoms with Crippen molar-refractivity contribution in [1.29, 1.82) is 0 Å². The van der Waals surface area contributed by atoms with Crippen LogP contribution in [0.1, 0.15) is 237 Å². The highest BCUT2D eigenvalue weighted by molar-refractivity contribution is 5.89. The van der Waals surface area contributed by atoms with Gasteiger partial charge in [-0.25, -0.2) is 4.98 Å². The van der Waals surface area contributed by atoms with Gasteiger partial charge in [0.15, 0.2) is 0 Å². The summed E-state index contributed by atoms with van der Waals surface area (Å²) in [6.07, 6.45) is 26.6. The van der Waals surface area contributed by atoms with E-state index in [9.17, 15) is 0 Å². The van der Waals surface area contributed by atoms with Crippen LogP contribution in [0, 0.1) is 0 Å².